The van der Waals surface area contributed by atoms with Crippen LogP contribution in [0.15, 0.2) is 115 Å². The molecular weight excluding hydrogens is 356 g/mol. The normalized spacial score (nSPS) is 18.6. The first-order chi connectivity index (χ1) is 14.2. The van der Waals surface area contributed by atoms with Crippen LogP contribution in [-0.2, 0) is 10.3 Å². The van der Waals surface area contributed by atoms with Crippen LogP contribution < -0.4 is 10.6 Å². The van der Waals surface area contributed by atoms with Gasteiger partial charge in [0.1, 0.15) is 0 Å². The van der Waals surface area contributed by atoms with Crippen LogP contribution in [0.2, 0.25) is 0 Å². The lowest BCUT2D eigenvalue weighted by atomic mass is 9.75. The minimum Gasteiger partial charge on any atom is -0.364 e. The Morgan fingerprint density at radius 2 is 1.24 bits per heavy atom. The first-order valence-electron chi connectivity index (χ1n) is 9.75. The molecule has 1 atom stereocenters. The zero-order valence-electron chi connectivity index (χ0n) is 16.4. The number of rotatable bonds is 6. The van der Waals surface area contributed by atoms with E-state index in [1.54, 1.807) is 6.20 Å². The Bertz CT molecular complexity index is 929. The third-order valence-corrected chi connectivity index (χ3v) is 5.56. The van der Waals surface area contributed by atoms with E-state index in [9.17, 15) is 4.79 Å². The van der Waals surface area contributed by atoms with Crippen molar-refractivity contribution in [2.75, 3.05) is 0 Å². The predicted molar refractivity (Wildman–Crippen MR) is 117 cm³/mol. The molecule has 29 heavy (non-hydrogen) atoms. The van der Waals surface area contributed by atoms with Gasteiger partial charge in [-0.15, -0.1) is 0 Å². The summed E-state index contributed by atoms with van der Waals surface area (Å²) in [7, 11) is 0. The molecule has 1 aliphatic heterocycles. The smallest absolute Gasteiger partial charge is 0.169 e. The van der Waals surface area contributed by atoms with E-state index in [2.05, 4.69) is 47.0 Å². The molecule has 0 aliphatic carbocycles. The molecule has 0 spiro atoms. The van der Waals surface area contributed by atoms with Gasteiger partial charge in [0.05, 0.1) is 5.54 Å². The zero-order chi connectivity index (χ0) is 20.2. The number of nitrogens with one attached hydrogen (secondary N) is 2. The highest BCUT2D eigenvalue weighted by molar-refractivity contribution is 5.72. The molecule has 0 amide bonds. The van der Waals surface area contributed by atoms with Crippen LogP contribution in [0.3, 0.4) is 0 Å². The van der Waals surface area contributed by atoms with Crippen LogP contribution in [0.25, 0.3) is 0 Å². The summed E-state index contributed by atoms with van der Waals surface area (Å²) in [5.41, 5.74) is 2.31. The number of carbonyl (C=O) groups is 1. The fourth-order valence-electron chi connectivity index (χ4n) is 3.99. The first kappa shape index (κ1) is 18.9. The Kier molecular flexibility index (Phi) is 5.15. The van der Waals surface area contributed by atoms with E-state index in [0.29, 0.717) is 0 Å². The lowest BCUT2D eigenvalue weighted by Crippen LogP contribution is -2.65. The van der Waals surface area contributed by atoms with Crippen molar-refractivity contribution in [3.05, 3.63) is 132 Å². The van der Waals surface area contributed by atoms with E-state index in [1.807, 2.05) is 73.7 Å². The van der Waals surface area contributed by atoms with Gasteiger partial charge in [-0.2, -0.15) is 0 Å². The molecule has 3 heteroatoms. The topological polar surface area (TPSA) is 41.1 Å². The molecule has 3 nitrogen and oxygen atoms in total. The lowest BCUT2D eigenvalue weighted by molar-refractivity contribution is -0.113. The molecule has 0 radical (unpaired) electrons. The molecule has 1 heterocycles. The maximum absolute atomic E-state index is 12.5. The van der Waals surface area contributed by atoms with Gasteiger partial charge in [-0.3, -0.25) is 10.1 Å². The number of carbonyl (C=O) groups excluding carboxylic acids is 1. The molecule has 2 N–H and O–H groups in total. The standard InChI is InChI=1S/C26H24N2O/c1-21-12-11-19-27-25(21,20-29)28-26(22-13-5-2-6-14-22,23-15-7-3-8-16-23)24-17-9-4-10-18-24/h2-20,27-28H,1H3. The Morgan fingerprint density at radius 1 is 0.793 bits per heavy atom. The maximum atomic E-state index is 12.5. The highest BCUT2D eigenvalue weighted by atomic mass is 16.1. The van der Waals surface area contributed by atoms with Crippen molar-refractivity contribution in [2.45, 2.75) is 18.1 Å². The summed E-state index contributed by atoms with van der Waals surface area (Å²) < 4.78 is 0. The van der Waals surface area contributed by atoms with Crippen molar-refractivity contribution in [3.63, 3.8) is 0 Å². The molecule has 3 aromatic rings. The van der Waals surface area contributed by atoms with Crippen molar-refractivity contribution in [1.29, 1.82) is 0 Å². The first-order valence-corrected chi connectivity index (χ1v) is 9.75. The Hall–Kier alpha value is -3.43. The summed E-state index contributed by atoms with van der Waals surface area (Å²) in [5, 5.41) is 7.00. The van der Waals surface area contributed by atoms with E-state index in [-0.39, 0.29) is 0 Å². The fraction of sp³-hybridized carbons (Fsp3) is 0.115. The molecule has 1 aliphatic rings. The van der Waals surface area contributed by atoms with Crippen molar-refractivity contribution in [3.8, 4) is 0 Å². The molecule has 3 aromatic carbocycles. The molecule has 0 aromatic heterocycles. The maximum Gasteiger partial charge on any atom is 0.169 e. The largest absolute Gasteiger partial charge is 0.364 e. The van der Waals surface area contributed by atoms with E-state index in [1.165, 1.54) is 0 Å². The van der Waals surface area contributed by atoms with Gasteiger partial charge in [0, 0.05) is 0 Å². The van der Waals surface area contributed by atoms with Gasteiger partial charge in [0.25, 0.3) is 0 Å². The van der Waals surface area contributed by atoms with Gasteiger partial charge in [0.15, 0.2) is 11.9 Å². The summed E-state index contributed by atoms with van der Waals surface area (Å²) in [6.45, 7) is 1.96. The summed E-state index contributed by atoms with van der Waals surface area (Å²) in [6, 6.07) is 30.8. The number of hydrogen-bond acceptors (Lipinski definition) is 3. The molecule has 4 rings (SSSR count). The third-order valence-electron chi connectivity index (χ3n) is 5.56. The molecule has 0 saturated carbocycles. The van der Waals surface area contributed by atoms with Crippen molar-refractivity contribution >= 4 is 6.29 Å². The van der Waals surface area contributed by atoms with Crippen molar-refractivity contribution in [2.24, 2.45) is 0 Å². The monoisotopic (exact) mass is 380 g/mol. The van der Waals surface area contributed by atoms with Crippen LogP contribution in [0.1, 0.15) is 23.6 Å². The number of allylic oxidation sites excluding steroid dienone is 2. The van der Waals surface area contributed by atoms with Gasteiger partial charge in [-0.05, 0) is 41.5 Å². The minimum atomic E-state index is -1.03. The summed E-state index contributed by atoms with van der Waals surface area (Å²) in [4.78, 5) is 12.5. The van der Waals surface area contributed by atoms with Gasteiger partial charge in [-0.1, -0.05) is 97.1 Å². The Balaban J connectivity index is 2.02. The number of aldehydes is 1. The van der Waals surface area contributed by atoms with Crippen molar-refractivity contribution in [1.82, 2.24) is 10.6 Å². The SMILES string of the molecule is CC1=CC=CNC1(C=O)NC(c1ccccc1)(c1ccccc1)c1ccccc1. The Labute approximate surface area is 171 Å². The fourth-order valence-corrected chi connectivity index (χ4v) is 3.99. The van der Waals surface area contributed by atoms with E-state index in [0.717, 1.165) is 28.5 Å². The molecule has 1 unspecified atom stereocenters. The molecule has 144 valence electrons. The summed E-state index contributed by atoms with van der Waals surface area (Å²) in [5.74, 6) is 0. The second-order valence-corrected chi connectivity index (χ2v) is 7.25. The number of hydrogen-bond donors (Lipinski definition) is 2. The van der Waals surface area contributed by atoms with E-state index < -0.39 is 11.2 Å². The lowest BCUT2D eigenvalue weighted by Gasteiger charge is -2.45. The number of benzene rings is 3. The minimum absolute atomic E-state index is 0.738. The van der Waals surface area contributed by atoms with Crippen LogP contribution in [0, 0.1) is 0 Å². The van der Waals surface area contributed by atoms with Gasteiger partial charge < -0.3 is 5.32 Å². The average molecular weight is 380 g/mol. The van der Waals surface area contributed by atoms with E-state index in [4.69, 9.17) is 0 Å². The third kappa shape index (κ3) is 3.30. The number of dihydropyridines is 1. The highest BCUT2D eigenvalue weighted by Gasteiger charge is 2.45. The summed E-state index contributed by atoms with van der Waals surface area (Å²) >= 11 is 0. The molecular formula is C26H24N2O. The second-order valence-electron chi connectivity index (χ2n) is 7.25. The second kappa shape index (κ2) is 7.90. The van der Waals surface area contributed by atoms with Gasteiger partial charge in [-0.25, -0.2) is 0 Å². The van der Waals surface area contributed by atoms with Crippen molar-refractivity contribution < 1.29 is 4.79 Å². The van der Waals surface area contributed by atoms with Gasteiger partial charge in [0.2, 0.25) is 0 Å². The zero-order valence-corrected chi connectivity index (χ0v) is 16.4. The van der Waals surface area contributed by atoms with Crippen LogP contribution >= 0.6 is 0 Å². The van der Waals surface area contributed by atoms with Crippen LogP contribution in [-0.4, -0.2) is 11.9 Å². The molecule has 0 saturated heterocycles. The Morgan fingerprint density at radius 3 is 1.62 bits per heavy atom. The predicted octanol–water partition coefficient (Wildman–Crippen LogP) is 4.53. The quantitative estimate of drug-likeness (QED) is 0.488. The van der Waals surface area contributed by atoms with Gasteiger partial charge >= 0.3 is 0 Å². The highest BCUT2D eigenvalue weighted by Crippen LogP contribution is 2.39. The van der Waals surface area contributed by atoms with Crippen LogP contribution in [0.5, 0.6) is 0 Å². The average Bonchev–Trinajstić information content (AvgIpc) is 2.81. The van der Waals surface area contributed by atoms with E-state index >= 15 is 0 Å². The molecule has 0 bridgehead atoms. The summed E-state index contributed by atoms with van der Waals surface area (Å²) in [6.07, 6.45) is 6.63. The van der Waals surface area contributed by atoms with Crippen LogP contribution in [0.4, 0.5) is 0 Å². The molecule has 0 fully saturated rings.